The molecule has 3 aromatic carbocycles. The van der Waals surface area contributed by atoms with Gasteiger partial charge in [0, 0.05) is 0 Å². The molecule has 25 heavy (non-hydrogen) atoms. The van der Waals surface area contributed by atoms with Gasteiger partial charge < -0.3 is 10.2 Å². The predicted octanol–water partition coefficient (Wildman–Crippen LogP) is 4.89. The van der Waals surface area contributed by atoms with E-state index in [0.717, 1.165) is 11.1 Å². The average Bonchev–Trinajstić information content (AvgIpc) is 2.64. The molecule has 0 saturated heterocycles. The van der Waals surface area contributed by atoms with Crippen molar-refractivity contribution in [3.63, 3.8) is 0 Å². The Bertz CT molecular complexity index is 742. The Balaban J connectivity index is 2.04. The molecule has 0 aliphatic rings. The Labute approximate surface area is 152 Å². The lowest BCUT2D eigenvalue weighted by Gasteiger charge is -2.11. The molecule has 0 heterocycles. The van der Waals surface area contributed by atoms with Crippen LogP contribution in [0.5, 0.6) is 0 Å². The largest absolute Gasteiger partial charge is 0.389 e. The van der Waals surface area contributed by atoms with Crippen molar-refractivity contribution in [2.24, 2.45) is 0 Å². The third-order valence-corrected chi connectivity index (χ3v) is 6.41. The van der Waals surface area contributed by atoms with Gasteiger partial charge in [0.05, 0.1) is 23.1 Å². The van der Waals surface area contributed by atoms with E-state index in [1.807, 2.05) is 30.3 Å². The zero-order valence-electron chi connectivity index (χ0n) is 14.5. The van der Waals surface area contributed by atoms with Crippen molar-refractivity contribution in [3.05, 3.63) is 90.0 Å². The first-order valence-corrected chi connectivity index (χ1v) is 9.64. The van der Waals surface area contributed by atoms with Gasteiger partial charge in [0.15, 0.2) is 14.7 Å². The van der Waals surface area contributed by atoms with E-state index in [9.17, 15) is 10.2 Å². The summed E-state index contributed by atoms with van der Waals surface area (Å²) in [5.41, 5.74) is 1.84. The summed E-state index contributed by atoms with van der Waals surface area (Å²) in [5, 5.41) is 19.5. The lowest BCUT2D eigenvalue weighted by molar-refractivity contribution is 0.199. The summed E-state index contributed by atoms with van der Waals surface area (Å²) in [4.78, 5) is 3.66. The highest BCUT2D eigenvalue weighted by molar-refractivity contribution is 7.97. The average molecular weight is 351 g/mol. The van der Waals surface area contributed by atoms with E-state index in [0.29, 0.717) is 0 Å². The molecule has 3 rings (SSSR count). The minimum absolute atomic E-state index is 0.221. The maximum Gasteiger partial charge on any atom is 0.166 e. The highest BCUT2D eigenvalue weighted by atomic mass is 32.2. The third kappa shape index (κ3) is 4.13. The van der Waals surface area contributed by atoms with Crippen LogP contribution in [0.25, 0.3) is 0 Å². The van der Waals surface area contributed by atoms with E-state index >= 15 is 0 Å². The van der Waals surface area contributed by atoms with Crippen molar-refractivity contribution in [2.45, 2.75) is 40.7 Å². The van der Waals surface area contributed by atoms with E-state index in [-0.39, 0.29) is 10.9 Å². The lowest BCUT2D eigenvalue weighted by atomic mass is 10.1. The maximum absolute atomic E-state index is 9.75. The molecule has 0 aromatic heterocycles. The first-order chi connectivity index (χ1) is 12.1. The third-order valence-electron chi connectivity index (χ3n) is 4.18. The highest BCUT2D eigenvalue weighted by Gasteiger charge is 2.28. The summed E-state index contributed by atoms with van der Waals surface area (Å²) in [5.74, 6) is 0. The SMILES string of the molecule is CC(O)c1ccc([S+](c2ccccc2)c2ccc(C(C)O)cc2)cc1. The normalized spacial score (nSPS) is 14.7. The molecule has 2 nitrogen and oxygen atoms in total. The lowest BCUT2D eigenvalue weighted by Crippen LogP contribution is -2.05. The van der Waals surface area contributed by atoms with Crippen molar-refractivity contribution in [1.82, 2.24) is 0 Å². The highest BCUT2D eigenvalue weighted by Crippen LogP contribution is 2.32. The Morgan fingerprint density at radius 1 is 0.560 bits per heavy atom. The zero-order chi connectivity index (χ0) is 17.8. The topological polar surface area (TPSA) is 40.5 Å². The Morgan fingerprint density at radius 2 is 0.920 bits per heavy atom. The van der Waals surface area contributed by atoms with E-state index in [2.05, 4.69) is 48.5 Å². The van der Waals surface area contributed by atoms with Crippen molar-refractivity contribution in [1.29, 1.82) is 0 Å². The second kappa shape index (κ2) is 7.87. The monoisotopic (exact) mass is 351 g/mol. The van der Waals surface area contributed by atoms with Crippen LogP contribution in [0.3, 0.4) is 0 Å². The Morgan fingerprint density at radius 3 is 1.28 bits per heavy atom. The van der Waals surface area contributed by atoms with Crippen LogP contribution < -0.4 is 0 Å². The van der Waals surface area contributed by atoms with Crippen LogP contribution in [0.15, 0.2) is 93.5 Å². The molecular formula is C22H23O2S+. The molecule has 3 aromatic rings. The van der Waals surface area contributed by atoms with Crippen LogP contribution >= 0.6 is 0 Å². The van der Waals surface area contributed by atoms with Gasteiger partial charge in [0.1, 0.15) is 0 Å². The summed E-state index contributed by atoms with van der Waals surface area (Å²) in [6.07, 6.45) is -0.921. The van der Waals surface area contributed by atoms with Crippen LogP contribution in [0, 0.1) is 0 Å². The predicted molar refractivity (Wildman–Crippen MR) is 103 cm³/mol. The second-order valence-corrected chi connectivity index (χ2v) is 8.14. The summed E-state index contributed by atoms with van der Waals surface area (Å²) >= 11 is 0. The molecule has 0 saturated carbocycles. The minimum atomic E-state index is -0.460. The van der Waals surface area contributed by atoms with Crippen LogP contribution in [0.1, 0.15) is 37.2 Å². The standard InChI is InChI=1S/C22H23O2S/c1-16(23)18-8-12-21(13-9-18)25(20-6-4-3-5-7-20)22-14-10-19(11-15-22)17(2)24/h3-17,23-24H,1-2H3/q+1. The van der Waals surface area contributed by atoms with E-state index in [1.54, 1.807) is 13.8 Å². The number of benzene rings is 3. The summed E-state index contributed by atoms with van der Waals surface area (Å²) in [6.45, 7) is 3.56. The molecule has 0 spiro atoms. The van der Waals surface area contributed by atoms with E-state index in [4.69, 9.17) is 0 Å². The van der Waals surface area contributed by atoms with Crippen LogP contribution in [0.2, 0.25) is 0 Å². The van der Waals surface area contributed by atoms with Crippen LogP contribution in [0.4, 0.5) is 0 Å². The fourth-order valence-corrected chi connectivity index (χ4v) is 4.79. The van der Waals surface area contributed by atoms with E-state index in [1.165, 1.54) is 14.7 Å². The van der Waals surface area contributed by atoms with Gasteiger partial charge >= 0.3 is 0 Å². The summed E-state index contributed by atoms with van der Waals surface area (Å²) < 4.78 is 0. The Kier molecular flexibility index (Phi) is 5.59. The first kappa shape index (κ1) is 17.7. The molecule has 0 aliphatic heterocycles. The molecule has 2 atom stereocenters. The molecule has 0 fully saturated rings. The van der Waals surface area contributed by atoms with Gasteiger partial charge in [-0.15, -0.1) is 0 Å². The maximum atomic E-state index is 9.75. The molecule has 0 bridgehead atoms. The van der Waals surface area contributed by atoms with Crippen LogP contribution in [-0.2, 0) is 10.9 Å². The van der Waals surface area contributed by atoms with Gasteiger partial charge in [-0.05, 0) is 61.4 Å². The van der Waals surface area contributed by atoms with Gasteiger partial charge in [-0.3, -0.25) is 0 Å². The zero-order valence-corrected chi connectivity index (χ0v) is 15.3. The van der Waals surface area contributed by atoms with Gasteiger partial charge in [-0.25, -0.2) is 0 Å². The molecule has 2 unspecified atom stereocenters. The number of rotatable bonds is 5. The van der Waals surface area contributed by atoms with E-state index < -0.39 is 12.2 Å². The first-order valence-electron chi connectivity index (χ1n) is 8.41. The molecule has 128 valence electrons. The smallest absolute Gasteiger partial charge is 0.166 e. The van der Waals surface area contributed by atoms with Gasteiger partial charge in [0.2, 0.25) is 0 Å². The van der Waals surface area contributed by atoms with Crippen molar-refractivity contribution in [3.8, 4) is 0 Å². The number of aliphatic hydroxyl groups excluding tert-OH is 2. The molecule has 2 N–H and O–H groups in total. The number of hydrogen-bond donors (Lipinski definition) is 2. The molecule has 0 amide bonds. The minimum Gasteiger partial charge on any atom is -0.389 e. The number of aliphatic hydroxyl groups is 2. The quantitative estimate of drug-likeness (QED) is 0.643. The van der Waals surface area contributed by atoms with Gasteiger partial charge in [0.25, 0.3) is 0 Å². The van der Waals surface area contributed by atoms with Crippen molar-refractivity contribution in [2.75, 3.05) is 0 Å². The van der Waals surface area contributed by atoms with Crippen molar-refractivity contribution >= 4 is 10.9 Å². The fourth-order valence-electron chi connectivity index (χ4n) is 2.73. The Hall–Kier alpha value is -2.07. The summed E-state index contributed by atoms with van der Waals surface area (Å²) in [7, 11) is -0.221. The molecule has 0 radical (unpaired) electrons. The van der Waals surface area contributed by atoms with Crippen molar-refractivity contribution < 1.29 is 10.2 Å². The molecular weight excluding hydrogens is 328 g/mol. The molecule has 3 heteroatoms. The summed E-state index contributed by atoms with van der Waals surface area (Å²) in [6, 6.07) is 26.8. The molecule has 0 aliphatic carbocycles. The van der Waals surface area contributed by atoms with Gasteiger partial charge in [-0.1, -0.05) is 42.5 Å². The number of hydrogen-bond acceptors (Lipinski definition) is 2. The van der Waals surface area contributed by atoms with Gasteiger partial charge in [-0.2, -0.15) is 0 Å². The van der Waals surface area contributed by atoms with Crippen LogP contribution in [-0.4, -0.2) is 10.2 Å². The second-order valence-electron chi connectivity index (χ2n) is 6.11. The fraction of sp³-hybridized carbons (Fsp3) is 0.182.